The number of halogens is 2. The maximum Gasteiger partial charge on any atom is 0.355 e. The van der Waals surface area contributed by atoms with Crippen molar-refractivity contribution in [3.05, 3.63) is 40.9 Å². The molecule has 1 heterocycles. The van der Waals surface area contributed by atoms with Crippen LogP contribution in [0.3, 0.4) is 0 Å². The largest absolute Gasteiger partial charge is 0.476 e. The summed E-state index contributed by atoms with van der Waals surface area (Å²) in [6, 6.07) is 3.06. The summed E-state index contributed by atoms with van der Waals surface area (Å²) < 4.78 is 26.0. The molecule has 0 aliphatic heterocycles. The highest BCUT2D eigenvalue weighted by Crippen LogP contribution is 2.26. The van der Waals surface area contributed by atoms with E-state index in [4.69, 9.17) is 5.11 Å². The molecule has 2 aromatic rings. The predicted octanol–water partition coefficient (Wildman–Crippen LogP) is 2.79. The van der Waals surface area contributed by atoms with Crippen LogP contribution in [0.2, 0.25) is 0 Å². The second-order valence-electron chi connectivity index (χ2n) is 2.97. The highest BCUT2D eigenvalue weighted by molar-refractivity contribution is 7.13. The molecule has 0 fully saturated rings. The van der Waals surface area contributed by atoms with Crippen LogP contribution < -0.4 is 0 Å². The first-order valence-electron chi connectivity index (χ1n) is 4.22. The van der Waals surface area contributed by atoms with E-state index in [9.17, 15) is 13.6 Å². The molecule has 16 heavy (non-hydrogen) atoms. The molecule has 0 radical (unpaired) electrons. The molecule has 0 unspecified atom stereocenters. The van der Waals surface area contributed by atoms with E-state index < -0.39 is 17.6 Å². The smallest absolute Gasteiger partial charge is 0.355 e. The van der Waals surface area contributed by atoms with Gasteiger partial charge in [0, 0.05) is 17.0 Å². The van der Waals surface area contributed by atoms with Gasteiger partial charge in [0.15, 0.2) is 5.69 Å². The van der Waals surface area contributed by atoms with Crippen molar-refractivity contribution in [2.45, 2.75) is 0 Å². The van der Waals surface area contributed by atoms with Gasteiger partial charge in [0.1, 0.15) is 16.6 Å². The quantitative estimate of drug-likeness (QED) is 0.879. The van der Waals surface area contributed by atoms with Gasteiger partial charge in [0.05, 0.1) is 0 Å². The van der Waals surface area contributed by atoms with E-state index in [-0.39, 0.29) is 16.3 Å². The summed E-state index contributed by atoms with van der Waals surface area (Å²) in [4.78, 5) is 14.3. The number of hydrogen-bond donors (Lipinski definition) is 1. The van der Waals surface area contributed by atoms with Gasteiger partial charge < -0.3 is 5.11 Å². The number of benzene rings is 1. The monoisotopic (exact) mass is 241 g/mol. The summed E-state index contributed by atoms with van der Waals surface area (Å²) in [6.45, 7) is 0. The first-order chi connectivity index (χ1) is 7.58. The first kappa shape index (κ1) is 10.7. The molecule has 6 heteroatoms. The first-order valence-corrected chi connectivity index (χ1v) is 5.10. The fraction of sp³-hybridized carbons (Fsp3) is 0. The molecule has 0 spiro atoms. The van der Waals surface area contributed by atoms with Crippen molar-refractivity contribution in [1.29, 1.82) is 0 Å². The zero-order chi connectivity index (χ0) is 11.7. The van der Waals surface area contributed by atoms with Gasteiger partial charge in [0.2, 0.25) is 0 Å². The van der Waals surface area contributed by atoms with Gasteiger partial charge in [-0.1, -0.05) is 0 Å². The van der Waals surface area contributed by atoms with Crippen LogP contribution in [0.1, 0.15) is 10.5 Å². The lowest BCUT2D eigenvalue weighted by Gasteiger charge is -1.98. The summed E-state index contributed by atoms with van der Waals surface area (Å²) in [5.74, 6) is -2.62. The third-order valence-corrected chi connectivity index (χ3v) is 2.76. The van der Waals surface area contributed by atoms with E-state index >= 15 is 0 Å². The van der Waals surface area contributed by atoms with Crippen LogP contribution >= 0.6 is 11.3 Å². The highest BCUT2D eigenvalue weighted by atomic mass is 32.1. The van der Waals surface area contributed by atoms with Crippen molar-refractivity contribution < 1.29 is 18.7 Å². The average Bonchev–Trinajstić information content (AvgIpc) is 2.66. The van der Waals surface area contributed by atoms with E-state index in [0.29, 0.717) is 0 Å². The molecular formula is C10H5F2NO2S. The topological polar surface area (TPSA) is 50.2 Å². The Balaban J connectivity index is 2.46. The summed E-state index contributed by atoms with van der Waals surface area (Å²) in [5.41, 5.74) is -0.0531. The van der Waals surface area contributed by atoms with E-state index in [0.717, 1.165) is 23.5 Å². The Bertz CT molecular complexity index is 554. The van der Waals surface area contributed by atoms with Crippen molar-refractivity contribution in [2.75, 3.05) is 0 Å². The van der Waals surface area contributed by atoms with Crippen LogP contribution in [-0.4, -0.2) is 16.1 Å². The third-order valence-electron chi connectivity index (χ3n) is 1.88. The van der Waals surface area contributed by atoms with Crippen molar-refractivity contribution in [3.8, 4) is 10.6 Å². The number of carbonyl (C=O) groups is 1. The van der Waals surface area contributed by atoms with Crippen LogP contribution in [0.5, 0.6) is 0 Å². The SMILES string of the molecule is O=C(O)c1csc(-c2ccc(F)cc2F)n1. The molecule has 3 nitrogen and oxygen atoms in total. The molecule has 0 saturated heterocycles. The fourth-order valence-electron chi connectivity index (χ4n) is 1.16. The van der Waals surface area contributed by atoms with Crippen LogP contribution in [-0.2, 0) is 0 Å². The van der Waals surface area contributed by atoms with E-state index in [1.807, 2.05) is 0 Å². The number of nitrogens with zero attached hydrogens (tertiary/aromatic N) is 1. The molecule has 0 bridgehead atoms. The van der Waals surface area contributed by atoms with Gasteiger partial charge >= 0.3 is 5.97 Å². The van der Waals surface area contributed by atoms with Crippen molar-refractivity contribution in [1.82, 2.24) is 4.98 Å². The van der Waals surface area contributed by atoms with Gasteiger partial charge in [-0.25, -0.2) is 18.6 Å². The number of aromatic carboxylic acids is 1. The Hall–Kier alpha value is -1.82. The molecule has 1 N–H and O–H groups in total. The van der Waals surface area contributed by atoms with Gasteiger partial charge in [-0.3, -0.25) is 0 Å². The molecule has 82 valence electrons. The maximum atomic E-state index is 13.3. The Labute approximate surface area is 93.0 Å². The lowest BCUT2D eigenvalue weighted by atomic mass is 10.2. The molecule has 1 aromatic heterocycles. The number of hydrogen-bond acceptors (Lipinski definition) is 3. The summed E-state index contributed by atoms with van der Waals surface area (Å²) in [7, 11) is 0. The number of rotatable bonds is 2. The second kappa shape index (κ2) is 3.97. The van der Waals surface area contributed by atoms with Gasteiger partial charge in [0.25, 0.3) is 0 Å². The fourth-order valence-corrected chi connectivity index (χ4v) is 1.98. The van der Waals surface area contributed by atoms with Crippen molar-refractivity contribution in [3.63, 3.8) is 0 Å². The zero-order valence-electron chi connectivity index (χ0n) is 7.78. The average molecular weight is 241 g/mol. The van der Waals surface area contributed by atoms with E-state index in [1.165, 1.54) is 11.4 Å². The summed E-state index contributed by atoms with van der Waals surface area (Å²) >= 11 is 0.997. The van der Waals surface area contributed by atoms with Crippen LogP contribution in [0.15, 0.2) is 23.6 Å². The molecule has 0 saturated carbocycles. The number of carboxylic acids is 1. The van der Waals surface area contributed by atoms with Gasteiger partial charge in [-0.05, 0) is 12.1 Å². The van der Waals surface area contributed by atoms with Crippen molar-refractivity contribution >= 4 is 17.3 Å². The number of carboxylic acid groups (broad SMARTS) is 1. The predicted molar refractivity (Wildman–Crippen MR) is 54.4 cm³/mol. The minimum atomic E-state index is -1.18. The Morgan fingerprint density at radius 3 is 2.69 bits per heavy atom. The minimum absolute atomic E-state index is 0.0962. The maximum absolute atomic E-state index is 13.3. The lowest BCUT2D eigenvalue weighted by Crippen LogP contribution is -1.96. The molecule has 0 aliphatic carbocycles. The Morgan fingerprint density at radius 2 is 2.12 bits per heavy atom. The molecular weight excluding hydrogens is 236 g/mol. The highest BCUT2D eigenvalue weighted by Gasteiger charge is 2.13. The van der Waals surface area contributed by atoms with E-state index in [1.54, 1.807) is 0 Å². The summed E-state index contributed by atoms with van der Waals surface area (Å²) in [5, 5.41) is 10.2. The van der Waals surface area contributed by atoms with Crippen LogP contribution in [0.25, 0.3) is 10.6 Å². The molecule has 1 aromatic carbocycles. The standard InChI is InChI=1S/C10H5F2NO2S/c11-5-1-2-6(7(12)3-5)9-13-8(4-16-9)10(14)15/h1-4H,(H,14,15). The van der Waals surface area contributed by atoms with E-state index in [2.05, 4.69) is 4.98 Å². The van der Waals surface area contributed by atoms with Crippen LogP contribution in [0.4, 0.5) is 8.78 Å². The van der Waals surface area contributed by atoms with Crippen molar-refractivity contribution in [2.24, 2.45) is 0 Å². The minimum Gasteiger partial charge on any atom is -0.476 e. The normalized spacial score (nSPS) is 10.4. The molecule has 0 atom stereocenters. The zero-order valence-corrected chi connectivity index (χ0v) is 8.59. The third kappa shape index (κ3) is 1.92. The molecule has 2 rings (SSSR count). The van der Waals surface area contributed by atoms with Crippen LogP contribution in [0, 0.1) is 11.6 Å². The summed E-state index contributed by atoms with van der Waals surface area (Å²) in [6.07, 6.45) is 0. The van der Waals surface area contributed by atoms with Gasteiger partial charge in [-0.2, -0.15) is 0 Å². The Kier molecular flexibility index (Phi) is 2.66. The molecule has 0 amide bonds. The number of aromatic nitrogens is 1. The Morgan fingerprint density at radius 1 is 1.38 bits per heavy atom. The molecule has 0 aliphatic rings. The number of thiazole rings is 1. The lowest BCUT2D eigenvalue weighted by molar-refractivity contribution is 0.0691. The van der Waals surface area contributed by atoms with Gasteiger partial charge in [-0.15, -0.1) is 11.3 Å². The second-order valence-corrected chi connectivity index (χ2v) is 3.83.